The van der Waals surface area contributed by atoms with Gasteiger partial charge in [-0.2, -0.15) is 5.10 Å². The van der Waals surface area contributed by atoms with Crippen LogP contribution in [0.4, 0.5) is 9.52 Å². The summed E-state index contributed by atoms with van der Waals surface area (Å²) in [7, 11) is 3.98. The molecule has 0 saturated heterocycles. The van der Waals surface area contributed by atoms with Crippen molar-refractivity contribution in [2.75, 3.05) is 19.0 Å². The second-order valence-electron chi connectivity index (χ2n) is 6.18. The summed E-state index contributed by atoms with van der Waals surface area (Å²) in [4.78, 5) is 7.58. The van der Waals surface area contributed by atoms with Gasteiger partial charge in [-0.1, -0.05) is 6.07 Å². The number of nitrogens with zero attached hydrogens (tertiary/aromatic N) is 4. The van der Waals surface area contributed by atoms with Gasteiger partial charge in [0.15, 0.2) is 5.13 Å². The highest BCUT2D eigenvalue weighted by atomic mass is 32.1. The first kappa shape index (κ1) is 17.6. The van der Waals surface area contributed by atoms with E-state index in [-0.39, 0.29) is 11.9 Å². The number of anilines is 1. The molecule has 1 N–H and O–H groups in total. The number of hydrogen-bond acceptors (Lipinski definition) is 5. The average molecular weight is 359 g/mol. The molecule has 0 aliphatic carbocycles. The molecule has 3 aromatic rings. The monoisotopic (exact) mass is 359 g/mol. The Bertz CT molecular complexity index is 855. The van der Waals surface area contributed by atoms with Crippen LogP contribution >= 0.6 is 11.3 Å². The number of hydrogen-bond donors (Lipinski definition) is 1. The zero-order valence-electron chi connectivity index (χ0n) is 14.8. The molecule has 25 heavy (non-hydrogen) atoms. The van der Waals surface area contributed by atoms with Crippen molar-refractivity contribution in [2.45, 2.75) is 26.4 Å². The van der Waals surface area contributed by atoms with Crippen molar-refractivity contribution < 1.29 is 4.39 Å². The van der Waals surface area contributed by atoms with E-state index in [1.165, 1.54) is 17.0 Å². The summed E-state index contributed by atoms with van der Waals surface area (Å²) in [5.74, 6) is -0.262. The van der Waals surface area contributed by atoms with Gasteiger partial charge in [-0.3, -0.25) is 0 Å². The Hall–Kier alpha value is -2.25. The van der Waals surface area contributed by atoms with Crippen LogP contribution in [-0.4, -0.2) is 28.9 Å². The molecule has 1 unspecified atom stereocenters. The van der Waals surface area contributed by atoms with Gasteiger partial charge in [0.1, 0.15) is 5.82 Å². The molecule has 0 amide bonds. The zero-order chi connectivity index (χ0) is 18.0. The Morgan fingerprint density at radius 1 is 1.32 bits per heavy atom. The third-order valence-corrected chi connectivity index (χ3v) is 5.24. The van der Waals surface area contributed by atoms with Gasteiger partial charge in [-0.25, -0.2) is 14.1 Å². The second kappa shape index (κ2) is 7.33. The molecule has 0 aliphatic heterocycles. The van der Waals surface area contributed by atoms with Crippen molar-refractivity contribution in [3.8, 4) is 5.69 Å². The quantitative estimate of drug-likeness (QED) is 0.729. The van der Waals surface area contributed by atoms with Crippen molar-refractivity contribution in [3.63, 3.8) is 0 Å². The fourth-order valence-electron chi connectivity index (χ4n) is 2.66. The molecule has 0 bridgehead atoms. The summed E-state index contributed by atoms with van der Waals surface area (Å²) >= 11 is 1.68. The molecule has 5 nitrogen and oxygen atoms in total. The van der Waals surface area contributed by atoms with E-state index in [2.05, 4.69) is 22.3 Å². The lowest BCUT2D eigenvalue weighted by molar-refractivity contribution is 0.575. The van der Waals surface area contributed by atoms with Crippen LogP contribution in [0.2, 0.25) is 0 Å². The van der Waals surface area contributed by atoms with Crippen molar-refractivity contribution in [2.24, 2.45) is 0 Å². The van der Waals surface area contributed by atoms with Crippen LogP contribution in [0.15, 0.2) is 36.7 Å². The normalized spacial score (nSPS) is 12.4. The van der Waals surface area contributed by atoms with Gasteiger partial charge in [0, 0.05) is 49.0 Å². The van der Waals surface area contributed by atoms with Crippen LogP contribution in [0, 0.1) is 12.7 Å². The Labute approximate surface area is 151 Å². The largest absolute Gasteiger partial charge is 0.354 e. The molecular formula is C18H22FN5S. The van der Waals surface area contributed by atoms with Crippen molar-refractivity contribution >= 4 is 16.5 Å². The maximum absolute atomic E-state index is 13.5. The van der Waals surface area contributed by atoms with E-state index in [0.29, 0.717) is 0 Å². The summed E-state index contributed by atoms with van der Waals surface area (Å²) in [5, 5.41) is 8.93. The predicted molar refractivity (Wildman–Crippen MR) is 100.0 cm³/mol. The molecule has 1 aromatic carbocycles. The maximum Gasteiger partial charge on any atom is 0.185 e. The van der Waals surface area contributed by atoms with Crippen LogP contribution in [0.25, 0.3) is 5.69 Å². The van der Waals surface area contributed by atoms with Crippen LogP contribution in [0.5, 0.6) is 0 Å². The van der Waals surface area contributed by atoms with Gasteiger partial charge in [0.05, 0.1) is 11.9 Å². The van der Waals surface area contributed by atoms with Gasteiger partial charge in [-0.05, 0) is 32.0 Å². The summed E-state index contributed by atoms with van der Waals surface area (Å²) in [6.45, 7) is 4.85. The van der Waals surface area contributed by atoms with Gasteiger partial charge < -0.3 is 10.2 Å². The summed E-state index contributed by atoms with van der Waals surface area (Å²) < 4.78 is 15.2. The smallest absolute Gasteiger partial charge is 0.185 e. The van der Waals surface area contributed by atoms with Gasteiger partial charge in [-0.15, -0.1) is 11.3 Å². The molecule has 0 radical (unpaired) electrons. The number of aromatic nitrogens is 3. The molecule has 7 heteroatoms. The van der Waals surface area contributed by atoms with Crippen LogP contribution in [0.3, 0.4) is 0 Å². The Morgan fingerprint density at radius 2 is 2.12 bits per heavy atom. The van der Waals surface area contributed by atoms with Crippen molar-refractivity contribution in [1.29, 1.82) is 0 Å². The molecule has 3 rings (SSSR count). The van der Waals surface area contributed by atoms with Gasteiger partial charge in [0.25, 0.3) is 0 Å². The molecule has 132 valence electrons. The maximum atomic E-state index is 13.5. The lowest BCUT2D eigenvalue weighted by Crippen LogP contribution is -2.18. The molecule has 2 aromatic heterocycles. The van der Waals surface area contributed by atoms with Crippen LogP contribution in [0.1, 0.15) is 29.1 Å². The first-order valence-electron chi connectivity index (χ1n) is 8.11. The first-order chi connectivity index (χ1) is 12.0. The molecule has 0 fully saturated rings. The number of thiazole rings is 1. The second-order valence-corrected chi connectivity index (χ2v) is 7.28. The zero-order valence-corrected chi connectivity index (χ0v) is 15.6. The Morgan fingerprint density at radius 3 is 2.80 bits per heavy atom. The van der Waals surface area contributed by atoms with E-state index in [9.17, 15) is 4.39 Å². The van der Waals surface area contributed by atoms with Crippen LogP contribution in [-0.2, 0) is 6.54 Å². The molecular weight excluding hydrogens is 337 g/mol. The van der Waals surface area contributed by atoms with E-state index < -0.39 is 0 Å². The highest BCUT2D eigenvalue weighted by Crippen LogP contribution is 2.23. The Kier molecular flexibility index (Phi) is 5.15. The number of rotatable bonds is 6. The standard InChI is InChI=1S/C18H22FN5S/c1-12(20-9-16-10-21-18(25-16)23(3)4)17-11-22-24(13(17)2)15-7-5-6-14(19)8-15/h5-8,10-12,20H,9H2,1-4H3. The third kappa shape index (κ3) is 3.88. The average Bonchev–Trinajstić information content (AvgIpc) is 3.19. The minimum Gasteiger partial charge on any atom is -0.354 e. The van der Waals surface area contributed by atoms with E-state index in [4.69, 9.17) is 0 Å². The summed E-state index contributed by atoms with van der Waals surface area (Å²) in [5.41, 5.74) is 2.83. The SMILES string of the molecule is Cc1c(C(C)NCc2cnc(N(C)C)s2)cnn1-c1cccc(F)c1. The molecule has 0 aliphatic rings. The summed E-state index contributed by atoms with van der Waals surface area (Å²) in [6, 6.07) is 6.60. The van der Waals surface area contributed by atoms with Crippen molar-refractivity contribution in [1.82, 2.24) is 20.1 Å². The number of benzene rings is 1. The van der Waals surface area contributed by atoms with E-state index in [0.717, 1.165) is 28.6 Å². The third-order valence-electron chi connectivity index (χ3n) is 4.07. The van der Waals surface area contributed by atoms with Crippen molar-refractivity contribution in [3.05, 3.63) is 58.6 Å². The number of nitrogens with one attached hydrogen (secondary N) is 1. The fraction of sp³-hybridized carbons (Fsp3) is 0.333. The topological polar surface area (TPSA) is 46.0 Å². The van der Waals surface area contributed by atoms with Gasteiger partial charge in [0.2, 0.25) is 0 Å². The Balaban J connectivity index is 1.71. The molecule has 2 heterocycles. The minimum absolute atomic E-state index is 0.132. The molecule has 1 atom stereocenters. The highest BCUT2D eigenvalue weighted by molar-refractivity contribution is 7.15. The van der Waals surface area contributed by atoms with E-state index in [1.807, 2.05) is 44.4 Å². The minimum atomic E-state index is -0.262. The van der Waals surface area contributed by atoms with E-state index >= 15 is 0 Å². The predicted octanol–water partition coefficient (Wildman–Crippen LogP) is 3.69. The van der Waals surface area contributed by atoms with Crippen LogP contribution < -0.4 is 10.2 Å². The summed E-state index contributed by atoms with van der Waals surface area (Å²) in [6.07, 6.45) is 3.75. The molecule has 0 saturated carbocycles. The lowest BCUT2D eigenvalue weighted by atomic mass is 10.1. The molecule has 0 spiro atoms. The van der Waals surface area contributed by atoms with Gasteiger partial charge >= 0.3 is 0 Å². The highest BCUT2D eigenvalue weighted by Gasteiger charge is 2.15. The first-order valence-corrected chi connectivity index (χ1v) is 8.93. The lowest BCUT2D eigenvalue weighted by Gasteiger charge is -2.13. The fourth-order valence-corrected chi connectivity index (χ4v) is 3.45. The number of halogens is 1. The van der Waals surface area contributed by atoms with E-state index in [1.54, 1.807) is 22.1 Å².